The monoisotopic (exact) mass is 294 g/mol. The Morgan fingerprint density at radius 3 is 2.00 bits per heavy atom. The number of hydrogen-bond donors (Lipinski definition) is 1. The van der Waals surface area contributed by atoms with Crippen molar-refractivity contribution >= 4 is 10.1 Å². The van der Waals surface area contributed by atoms with Crippen molar-refractivity contribution in [2.75, 3.05) is 0 Å². The molecule has 0 heterocycles. The molecule has 10 heteroatoms. The topological polar surface area (TPSA) is 54.4 Å². The lowest BCUT2D eigenvalue weighted by atomic mass is 10.1. The molecule has 1 aromatic rings. The predicted molar refractivity (Wildman–Crippen MR) is 46.7 cm³/mol. The van der Waals surface area contributed by atoms with Crippen LogP contribution in [0.3, 0.4) is 0 Å². The van der Waals surface area contributed by atoms with Crippen molar-refractivity contribution in [3.8, 4) is 0 Å². The van der Waals surface area contributed by atoms with Crippen LogP contribution in [0.2, 0.25) is 0 Å². The summed E-state index contributed by atoms with van der Waals surface area (Å²) < 4.78 is 106. The van der Waals surface area contributed by atoms with Crippen LogP contribution >= 0.6 is 0 Å². The number of hydrogen-bond acceptors (Lipinski definition) is 2. The van der Waals surface area contributed by atoms with E-state index in [9.17, 15) is 34.8 Å². The second kappa shape index (κ2) is 4.12. The zero-order valence-electron chi connectivity index (χ0n) is 8.17. The van der Waals surface area contributed by atoms with Gasteiger partial charge >= 0.3 is 21.3 Å². The zero-order chi connectivity index (χ0) is 14.4. The zero-order valence-corrected chi connectivity index (χ0v) is 8.99. The van der Waals surface area contributed by atoms with Crippen molar-refractivity contribution in [3.63, 3.8) is 0 Å². The van der Waals surface area contributed by atoms with Gasteiger partial charge in [0.25, 0.3) is 0 Å². The summed E-state index contributed by atoms with van der Waals surface area (Å²) in [5.41, 5.74) is -2.18. The van der Waals surface area contributed by atoms with Gasteiger partial charge in [-0.1, -0.05) is 0 Å². The van der Waals surface area contributed by atoms with Gasteiger partial charge in [-0.05, 0) is 18.2 Å². The first-order valence-corrected chi connectivity index (χ1v) is 5.53. The molecule has 1 N–H and O–H groups in total. The fourth-order valence-electron chi connectivity index (χ4n) is 1.06. The molecule has 0 amide bonds. The van der Waals surface area contributed by atoms with Crippen molar-refractivity contribution in [2.45, 2.75) is 11.2 Å². The first kappa shape index (κ1) is 14.8. The fourth-order valence-corrected chi connectivity index (χ4v) is 1.49. The maximum absolute atomic E-state index is 13.2. The molecule has 0 radical (unpaired) electrons. The van der Waals surface area contributed by atoms with Crippen molar-refractivity contribution in [1.29, 1.82) is 0 Å². The van der Waals surface area contributed by atoms with Crippen molar-refractivity contribution in [2.24, 2.45) is 0 Å². The first-order valence-electron chi connectivity index (χ1n) is 4.09. The van der Waals surface area contributed by atoms with Crippen LogP contribution in [-0.2, 0) is 16.0 Å². The van der Waals surface area contributed by atoms with E-state index in [-0.39, 0.29) is 12.1 Å². The summed E-state index contributed by atoms with van der Waals surface area (Å²) in [6.45, 7) is 0. The summed E-state index contributed by atoms with van der Waals surface area (Å²) in [5.74, 6) is -9.05. The Labute approximate surface area is 96.8 Å². The third kappa shape index (κ3) is 2.17. The van der Waals surface area contributed by atoms with Gasteiger partial charge < -0.3 is 0 Å². The van der Waals surface area contributed by atoms with Crippen LogP contribution in [0.15, 0.2) is 18.2 Å². The quantitative estimate of drug-likeness (QED) is 0.688. The van der Waals surface area contributed by atoms with Crippen LogP contribution in [0.25, 0.3) is 0 Å². The van der Waals surface area contributed by atoms with Crippen LogP contribution in [0.1, 0.15) is 5.56 Å². The maximum Gasteiger partial charge on any atom is 0.436 e. The van der Waals surface area contributed by atoms with Gasteiger partial charge in [0, 0.05) is 0 Å². The Morgan fingerprint density at radius 1 is 1.06 bits per heavy atom. The Hall–Kier alpha value is -1.29. The predicted octanol–water partition coefficient (Wildman–Crippen LogP) is 2.54. The van der Waals surface area contributed by atoms with Crippen molar-refractivity contribution in [1.82, 2.24) is 0 Å². The van der Waals surface area contributed by atoms with Gasteiger partial charge in [-0.15, -0.1) is 0 Å². The lowest BCUT2D eigenvalue weighted by Gasteiger charge is -2.24. The van der Waals surface area contributed by atoms with Crippen LogP contribution < -0.4 is 0 Å². The van der Waals surface area contributed by atoms with Gasteiger partial charge in [0.2, 0.25) is 0 Å². The van der Waals surface area contributed by atoms with E-state index in [0.717, 1.165) is 0 Å². The first-order chi connectivity index (χ1) is 7.91. The van der Waals surface area contributed by atoms with E-state index in [4.69, 9.17) is 4.55 Å². The van der Waals surface area contributed by atoms with Crippen LogP contribution in [0, 0.1) is 11.6 Å². The van der Waals surface area contributed by atoms with Gasteiger partial charge in [-0.25, -0.2) is 8.78 Å². The molecule has 0 saturated heterocycles. The molecule has 1 aromatic carbocycles. The van der Waals surface area contributed by atoms with Crippen molar-refractivity contribution in [3.05, 3.63) is 35.4 Å². The highest BCUT2D eigenvalue weighted by atomic mass is 32.2. The van der Waals surface area contributed by atoms with E-state index in [0.29, 0.717) is 6.07 Å². The Morgan fingerprint density at radius 2 is 1.56 bits per heavy atom. The number of rotatable bonds is 3. The fraction of sp³-hybridized carbons (Fsp3) is 0.250. The van der Waals surface area contributed by atoms with E-state index in [1.807, 2.05) is 0 Å². The number of alkyl halides is 4. The Kier molecular flexibility index (Phi) is 3.38. The van der Waals surface area contributed by atoms with Gasteiger partial charge in [-0.3, -0.25) is 4.55 Å². The van der Waals surface area contributed by atoms with Crippen LogP contribution in [-0.4, -0.2) is 18.2 Å². The molecule has 0 saturated carbocycles. The lowest BCUT2D eigenvalue weighted by Crippen LogP contribution is -2.45. The molecule has 0 atom stereocenters. The molecule has 0 bridgehead atoms. The van der Waals surface area contributed by atoms with Gasteiger partial charge in [0.1, 0.15) is 11.6 Å². The van der Waals surface area contributed by atoms with Gasteiger partial charge in [-0.2, -0.15) is 26.0 Å². The molecule has 102 valence electrons. The van der Waals surface area contributed by atoms with Crippen molar-refractivity contribution < 1.29 is 39.3 Å². The normalized spacial score (nSPS) is 13.7. The number of halogens is 6. The SMILES string of the molecule is O=S(=O)(O)C(F)(F)C(F)(F)c1cc(F)ccc1F. The Bertz CT molecular complexity index is 568. The average Bonchev–Trinajstić information content (AvgIpc) is 2.19. The van der Waals surface area contributed by atoms with E-state index in [1.54, 1.807) is 0 Å². The highest BCUT2D eigenvalue weighted by molar-refractivity contribution is 7.86. The lowest BCUT2D eigenvalue weighted by molar-refractivity contribution is -0.169. The van der Waals surface area contributed by atoms with E-state index >= 15 is 0 Å². The highest BCUT2D eigenvalue weighted by Gasteiger charge is 2.67. The maximum atomic E-state index is 13.2. The molecule has 0 aliphatic carbocycles. The summed E-state index contributed by atoms with van der Waals surface area (Å²) in [7, 11) is -6.51. The summed E-state index contributed by atoms with van der Waals surface area (Å²) >= 11 is 0. The molecule has 0 spiro atoms. The van der Waals surface area contributed by atoms with Gasteiger partial charge in [0.05, 0.1) is 5.56 Å². The molecule has 0 aliphatic rings. The molecule has 0 aromatic heterocycles. The highest BCUT2D eigenvalue weighted by Crippen LogP contribution is 2.46. The van der Waals surface area contributed by atoms with E-state index in [1.165, 1.54) is 0 Å². The number of benzene rings is 1. The molecule has 18 heavy (non-hydrogen) atoms. The van der Waals surface area contributed by atoms with Crippen LogP contribution in [0.4, 0.5) is 26.3 Å². The smallest absolute Gasteiger partial charge is 0.281 e. The summed E-state index contributed by atoms with van der Waals surface area (Å²) in [5, 5.41) is -5.99. The minimum atomic E-state index is -6.51. The van der Waals surface area contributed by atoms with Crippen LogP contribution in [0.5, 0.6) is 0 Å². The standard InChI is InChI=1S/C8H4F6O3S/c9-4-1-2-6(10)5(3-4)7(11,12)8(13,14)18(15,16)17/h1-3H,(H,15,16,17). The largest absolute Gasteiger partial charge is 0.436 e. The van der Waals surface area contributed by atoms with E-state index < -0.39 is 38.5 Å². The molecule has 0 unspecified atom stereocenters. The second-order valence-corrected chi connectivity index (χ2v) is 4.65. The van der Waals surface area contributed by atoms with E-state index in [2.05, 4.69) is 0 Å². The molecule has 0 fully saturated rings. The summed E-state index contributed by atoms with van der Waals surface area (Å²) in [6.07, 6.45) is 0. The summed E-state index contributed by atoms with van der Waals surface area (Å²) in [4.78, 5) is 0. The summed E-state index contributed by atoms with van der Waals surface area (Å²) in [6, 6.07) is 0.216. The minimum absolute atomic E-state index is 0.124. The minimum Gasteiger partial charge on any atom is -0.281 e. The molecule has 0 aliphatic heterocycles. The molecule has 3 nitrogen and oxygen atoms in total. The third-order valence-electron chi connectivity index (χ3n) is 1.96. The Balaban J connectivity index is 3.51. The van der Waals surface area contributed by atoms with Gasteiger partial charge in [0.15, 0.2) is 0 Å². The molecular weight excluding hydrogens is 290 g/mol. The molecular formula is C8H4F6O3S. The average molecular weight is 294 g/mol. The molecule has 1 rings (SSSR count). The third-order valence-corrected chi connectivity index (χ3v) is 2.86. The second-order valence-electron chi connectivity index (χ2n) is 3.19.